The van der Waals surface area contributed by atoms with Crippen LogP contribution >= 0.6 is 0 Å². The maximum absolute atomic E-state index is 12.5. The largest absolute Gasteiger partial charge is 0.378 e. The maximum Gasteiger partial charge on any atom is 0.244 e. The minimum atomic E-state index is -1.31. The number of nitrogens with zero attached hydrogens (tertiary/aromatic N) is 4. The van der Waals surface area contributed by atoms with E-state index < -0.39 is 11.9 Å². The number of rotatable bonds is 3. The molecule has 9 nitrogen and oxygen atoms in total. The van der Waals surface area contributed by atoms with Crippen LogP contribution in [0.25, 0.3) is 0 Å². The number of morpholine rings is 1. The van der Waals surface area contributed by atoms with Crippen molar-refractivity contribution in [2.75, 3.05) is 26.3 Å². The lowest BCUT2D eigenvalue weighted by Crippen LogP contribution is -2.51. The minimum Gasteiger partial charge on any atom is -0.378 e. The molecule has 0 aromatic carbocycles. The van der Waals surface area contributed by atoms with Crippen LogP contribution in [0.15, 0.2) is 6.20 Å². The van der Waals surface area contributed by atoms with Crippen molar-refractivity contribution in [1.29, 1.82) is 0 Å². The van der Waals surface area contributed by atoms with E-state index in [4.69, 9.17) is 14.2 Å². The van der Waals surface area contributed by atoms with Gasteiger partial charge in [0.2, 0.25) is 5.91 Å². The van der Waals surface area contributed by atoms with E-state index in [-0.39, 0.29) is 24.2 Å². The summed E-state index contributed by atoms with van der Waals surface area (Å²) in [5, 5.41) is 19.0. The van der Waals surface area contributed by atoms with Crippen LogP contribution in [0.3, 0.4) is 0 Å². The first kappa shape index (κ1) is 16.9. The first-order valence-electron chi connectivity index (χ1n) is 8.67. The van der Waals surface area contributed by atoms with Gasteiger partial charge in [0, 0.05) is 13.1 Å². The van der Waals surface area contributed by atoms with Crippen molar-refractivity contribution < 1.29 is 24.1 Å². The normalized spacial score (nSPS) is 34.3. The molecule has 3 saturated heterocycles. The van der Waals surface area contributed by atoms with Crippen molar-refractivity contribution in [3.63, 3.8) is 0 Å². The lowest BCUT2D eigenvalue weighted by atomic mass is 9.90. The van der Waals surface area contributed by atoms with Crippen LogP contribution in [0.1, 0.15) is 32.4 Å². The molecule has 9 heteroatoms. The van der Waals surface area contributed by atoms with E-state index in [1.807, 2.05) is 13.8 Å². The molecule has 3 aliphatic rings. The predicted octanol–water partition coefficient (Wildman–Crippen LogP) is -0.362. The summed E-state index contributed by atoms with van der Waals surface area (Å²) < 4.78 is 18.2. The average molecular weight is 352 g/mol. The van der Waals surface area contributed by atoms with Gasteiger partial charge >= 0.3 is 0 Å². The van der Waals surface area contributed by atoms with Crippen molar-refractivity contribution in [2.24, 2.45) is 0 Å². The highest BCUT2D eigenvalue weighted by Crippen LogP contribution is 2.40. The zero-order valence-electron chi connectivity index (χ0n) is 14.6. The van der Waals surface area contributed by atoms with Gasteiger partial charge in [-0.1, -0.05) is 5.21 Å². The second-order valence-corrected chi connectivity index (χ2v) is 7.61. The van der Waals surface area contributed by atoms with Gasteiger partial charge in [-0.3, -0.25) is 4.79 Å². The number of hydrogen-bond acceptors (Lipinski definition) is 7. The predicted molar refractivity (Wildman–Crippen MR) is 84.4 cm³/mol. The molecule has 3 atom stereocenters. The maximum atomic E-state index is 12.5. The summed E-state index contributed by atoms with van der Waals surface area (Å²) in [6.07, 6.45) is 2.15. The molecule has 1 aromatic heterocycles. The molecule has 1 aromatic rings. The van der Waals surface area contributed by atoms with Gasteiger partial charge in [0.05, 0.1) is 31.1 Å². The Morgan fingerprint density at radius 2 is 2.32 bits per heavy atom. The molecule has 3 aliphatic heterocycles. The number of carbonyl (C=O) groups is 1. The van der Waals surface area contributed by atoms with Crippen LogP contribution in [0, 0.1) is 0 Å². The van der Waals surface area contributed by atoms with E-state index in [2.05, 4.69) is 10.3 Å². The second kappa shape index (κ2) is 6.01. The molecule has 3 fully saturated rings. The van der Waals surface area contributed by atoms with Crippen LogP contribution in [-0.2, 0) is 31.2 Å². The van der Waals surface area contributed by atoms with E-state index in [0.29, 0.717) is 44.8 Å². The first-order chi connectivity index (χ1) is 11.9. The van der Waals surface area contributed by atoms with Crippen LogP contribution in [0.5, 0.6) is 0 Å². The lowest BCUT2D eigenvalue weighted by molar-refractivity contribution is -0.219. The Hall–Kier alpha value is -1.55. The zero-order valence-corrected chi connectivity index (χ0v) is 14.6. The van der Waals surface area contributed by atoms with Gasteiger partial charge in [-0.25, -0.2) is 4.68 Å². The standard InChI is InChI=1S/C16H24N4O5/c1-15(2)10-19(5-6-24-15)13(21)8-20-7-12(17-18-20)16(22)4-3-11-9-23-14(16)25-11/h7,11,14,22H,3-6,8-10H2,1-2H3/t11-,14+,16?/m0/s1. The summed E-state index contributed by atoms with van der Waals surface area (Å²) in [6.45, 7) is 6.14. The van der Waals surface area contributed by atoms with Gasteiger partial charge in [0.25, 0.3) is 0 Å². The fraction of sp³-hybridized carbons (Fsp3) is 0.812. The third-order valence-electron chi connectivity index (χ3n) is 5.04. The summed E-state index contributed by atoms with van der Waals surface area (Å²) >= 11 is 0. The number of ether oxygens (including phenoxy) is 3. The quantitative estimate of drug-likeness (QED) is 0.793. The molecule has 1 unspecified atom stereocenters. The Labute approximate surface area is 145 Å². The second-order valence-electron chi connectivity index (χ2n) is 7.61. The minimum absolute atomic E-state index is 0.0445. The lowest BCUT2D eigenvalue weighted by Gasteiger charge is -2.38. The molecule has 4 rings (SSSR count). The number of amides is 1. The first-order valence-corrected chi connectivity index (χ1v) is 8.67. The summed E-state index contributed by atoms with van der Waals surface area (Å²) in [5.74, 6) is -0.0445. The summed E-state index contributed by atoms with van der Waals surface area (Å²) in [7, 11) is 0. The van der Waals surface area contributed by atoms with Crippen molar-refractivity contribution in [3.05, 3.63) is 11.9 Å². The molecule has 0 aliphatic carbocycles. The van der Waals surface area contributed by atoms with E-state index >= 15 is 0 Å². The number of hydrogen-bond donors (Lipinski definition) is 1. The Morgan fingerprint density at radius 3 is 3.12 bits per heavy atom. The molecule has 0 radical (unpaired) electrons. The topological polar surface area (TPSA) is 98.9 Å². The van der Waals surface area contributed by atoms with E-state index in [1.54, 1.807) is 11.1 Å². The summed E-state index contributed by atoms with van der Waals surface area (Å²) in [5.41, 5.74) is -1.27. The number of aromatic nitrogens is 3. The van der Waals surface area contributed by atoms with Gasteiger partial charge in [-0.2, -0.15) is 0 Å². The smallest absolute Gasteiger partial charge is 0.244 e. The molecule has 4 heterocycles. The fourth-order valence-electron chi connectivity index (χ4n) is 3.64. The Kier molecular flexibility index (Phi) is 4.06. The fourth-order valence-corrected chi connectivity index (χ4v) is 3.64. The molecule has 1 amide bonds. The zero-order chi connectivity index (χ0) is 17.7. The van der Waals surface area contributed by atoms with Crippen molar-refractivity contribution in [2.45, 2.75) is 56.8 Å². The third-order valence-corrected chi connectivity index (χ3v) is 5.04. The molecule has 0 spiro atoms. The van der Waals surface area contributed by atoms with E-state index in [9.17, 15) is 9.90 Å². The van der Waals surface area contributed by atoms with E-state index in [0.717, 1.165) is 0 Å². The van der Waals surface area contributed by atoms with Crippen molar-refractivity contribution in [3.8, 4) is 0 Å². The molecule has 2 bridgehead atoms. The van der Waals surface area contributed by atoms with Gasteiger partial charge in [0.1, 0.15) is 12.2 Å². The van der Waals surface area contributed by atoms with Crippen LogP contribution in [0.4, 0.5) is 0 Å². The Balaban J connectivity index is 1.44. The Morgan fingerprint density at radius 1 is 1.48 bits per heavy atom. The molecule has 0 saturated carbocycles. The SMILES string of the molecule is CC1(C)CN(C(=O)Cn2cc(C3(O)CC[C@H]4CO[C@@H]3O4)nn2)CCO1. The van der Waals surface area contributed by atoms with Crippen molar-refractivity contribution >= 4 is 5.91 Å². The van der Waals surface area contributed by atoms with Crippen LogP contribution < -0.4 is 0 Å². The number of fused-ring (bicyclic) bond motifs is 2. The van der Waals surface area contributed by atoms with Crippen LogP contribution in [-0.4, -0.2) is 75.2 Å². The van der Waals surface area contributed by atoms with E-state index in [1.165, 1.54) is 4.68 Å². The van der Waals surface area contributed by atoms with Gasteiger partial charge in [-0.05, 0) is 26.7 Å². The van der Waals surface area contributed by atoms with Gasteiger partial charge in [-0.15, -0.1) is 5.10 Å². The summed E-state index contributed by atoms with van der Waals surface area (Å²) in [4.78, 5) is 14.3. The Bertz CT molecular complexity index is 663. The molecule has 1 N–H and O–H groups in total. The summed E-state index contributed by atoms with van der Waals surface area (Å²) in [6, 6.07) is 0. The highest BCUT2D eigenvalue weighted by Gasteiger charge is 2.51. The molecular weight excluding hydrogens is 328 g/mol. The van der Waals surface area contributed by atoms with Crippen molar-refractivity contribution in [1.82, 2.24) is 19.9 Å². The number of carbonyl (C=O) groups excluding carboxylic acids is 1. The highest BCUT2D eigenvalue weighted by atomic mass is 16.7. The number of aliphatic hydroxyl groups is 1. The van der Waals surface area contributed by atoms with Gasteiger partial charge in [0.15, 0.2) is 11.9 Å². The monoisotopic (exact) mass is 352 g/mol. The van der Waals surface area contributed by atoms with Crippen LogP contribution in [0.2, 0.25) is 0 Å². The highest BCUT2D eigenvalue weighted by molar-refractivity contribution is 5.76. The molecule has 138 valence electrons. The molecular formula is C16H24N4O5. The van der Waals surface area contributed by atoms with Gasteiger partial charge < -0.3 is 24.2 Å². The average Bonchev–Trinajstić information content (AvgIpc) is 3.19. The third kappa shape index (κ3) is 3.17. The molecule has 25 heavy (non-hydrogen) atoms.